The molecule has 0 aromatic rings. The van der Waals surface area contributed by atoms with Gasteiger partial charge in [0.2, 0.25) is 0 Å². The zero-order valence-corrected chi connectivity index (χ0v) is 14.1. The van der Waals surface area contributed by atoms with E-state index < -0.39 is 0 Å². The van der Waals surface area contributed by atoms with Crippen LogP contribution < -0.4 is 5.32 Å². The summed E-state index contributed by atoms with van der Waals surface area (Å²) in [6.07, 6.45) is 4.88. The Balaban J connectivity index is 2.40. The molecule has 0 amide bonds. The summed E-state index contributed by atoms with van der Waals surface area (Å²) in [7, 11) is 0. The van der Waals surface area contributed by atoms with Gasteiger partial charge in [-0.3, -0.25) is 0 Å². The maximum absolute atomic E-state index is 9.23. The molecule has 1 saturated heterocycles. The second kappa shape index (κ2) is 9.01. The van der Waals surface area contributed by atoms with Crippen molar-refractivity contribution in [3.63, 3.8) is 0 Å². The summed E-state index contributed by atoms with van der Waals surface area (Å²) in [5.74, 6) is 1.27. The Kier molecular flexibility index (Phi) is 8.08. The number of hydrogen-bond donors (Lipinski definition) is 2. The first kappa shape index (κ1) is 17.9. The molecule has 1 fully saturated rings. The number of likely N-dealkylation sites (tertiary alicyclic amines) is 1. The van der Waals surface area contributed by atoms with E-state index in [4.69, 9.17) is 0 Å². The van der Waals surface area contributed by atoms with Crippen molar-refractivity contribution >= 4 is 0 Å². The number of nitrogens with one attached hydrogen (secondary N) is 1. The Morgan fingerprint density at radius 2 is 1.95 bits per heavy atom. The van der Waals surface area contributed by atoms with E-state index in [0.717, 1.165) is 44.9 Å². The molecule has 0 radical (unpaired) electrons. The second-order valence-corrected chi connectivity index (χ2v) is 7.49. The quantitative estimate of drug-likeness (QED) is 0.683. The second-order valence-electron chi connectivity index (χ2n) is 7.49. The van der Waals surface area contributed by atoms with Crippen molar-refractivity contribution in [1.29, 1.82) is 0 Å². The zero-order valence-electron chi connectivity index (χ0n) is 14.1. The predicted octanol–water partition coefficient (Wildman–Crippen LogP) is 2.74. The molecule has 0 aromatic carbocycles. The first-order valence-electron chi connectivity index (χ1n) is 8.53. The number of nitrogens with zero attached hydrogens (tertiary/aromatic N) is 1. The lowest BCUT2D eigenvalue weighted by Crippen LogP contribution is -2.46. The lowest BCUT2D eigenvalue weighted by atomic mass is 9.83. The number of aliphatic hydroxyl groups is 1. The van der Waals surface area contributed by atoms with E-state index in [2.05, 4.69) is 37.9 Å². The maximum atomic E-state index is 9.23. The first-order chi connectivity index (χ1) is 9.49. The van der Waals surface area contributed by atoms with Crippen LogP contribution in [-0.2, 0) is 0 Å². The monoisotopic (exact) mass is 284 g/mol. The molecule has 20 heavy (non-hydrogen) atoms. The van der Waals surface area contributed by atoms with Crippen LogP contribution in [0.4, 0.5) is 0 Å². The van der Waals surface area contributed by atoms with Crippen LogP contribution in [0, 0.1) is 17.3 Å². The van der Waals surface area contributed by atoms with Gasteiger partial charge in [-0.2, -0.15) is 0 Å². The molecule has 1 rings (SSSR count). The fraction of sp³-hybridized carbons (Fsp3) is 1.00. The normalized spacial score (nSPS) is 21.3. The molecular formula is C17H36N2O. The van der Waals surface area contributed by atoms with Crippen LogP contribution in [0.2, 0.25) is 0 Å². The van der Waals surface area contributed by atoms with Crippen molar-refractivity contribution < 1.29 is 5.11 Å². The van der Waals surface area contributed by atoms with Gasteiger partial charge >= 0.3 is 0 Å². The highest BCUT2D eigenvalue weighted by atomic mass is 16.3. The van der Waals surface area contributed by atoms with Crippen LogP contribution in [0.25, 0.3) is 0 Å². The van der Waals surface area contributed by atoms with Crippen LogP contribution in [0.1, 0.15) is 53.4 Å². The van der Waals surface area contributed by atoms with Crippen LogP contribution in [0.15, 0.2) is 0 Å². The van der Waals surface area contributed by atoms with Crippen LogP contribution >= 0.6 is 0 Å². The van der Waals surface area contributed by atoms with Gasteiger partial charge in [0.1, 0.15) is 0 Å². The van der Waals surface area contributed by atoms with E-state index in [-0.39, 0.29) is 0 Å². The highest BCUT2D eigenvalue weighted by molar-refractivity contribution is 4.83. The zero-order chi connectivity index (χ0) is 15.0. The highest BCUT2D eigenvalue weighted by Crippen LogP contribution is 2.26. The third kappa shape index (κ3) is 6.55. The predicted molar refractivity (Wildman–Crippen MR) is 87.0 cm³/mol. The number of aliphatic hydroxyl groups excluding tert-OH is 1. The van der Waals surface area contributed by atoms with Gasteiger partial charge in [-0.1, -0.05) is 34.1 Å². The van der Waals surface area contributed by atoms with E-state index in [0.29, 0.717) is 17.9 Å². The summed E-state index contributed by atoms with van der Waals surface area (Å²) in [6.45, 7) is 15.4. The third-order valence-electron chi connectivity index (χ3n) is 4.53. The average Bonchev–Trinajstić information content (AvgIpc) is 2.39. The molecule has 0 spiro atoms. The summed E-state index contributed by atoms with van der Waals surface area (Å²) in [4.78, 5) is 2.61. The van der Waals surface area contributed by atoms with Crippen LogP contribution in [0.5, 0.6) is 0 Å². The molecule has 3 nitrogen and oxygen atoms in total. The van der Waals surface area contributed by atoms with Crippen molar-refractivity contribution in [2.75, 3.05) is 39.3 Å². The molecule has 0 saturated carbocycles. The van der Waals surface area contributed by atoms with Gasteiger partial charge < -0.3 is 15.3 Å². The Labute approximate surface area is 126 Å². The van der Waals surface area contributed by atoms with Crippen molar-refractivity contribution in [2.24, 2.45) is 17.3 Å². The standard InChI is InChI=1S/C17H36N2O/c1-5-8-17(4,13-18-11-15(2)3)14-19-9-6-16(12-20)7-10-19/h15-16,18,20H,5-14H2,1-4H3. The molecule has 1 heterocycles. The Hall–Kier alpha value is -0.120. The van der Waals surface area contributed by atoms with Crippen molar-refractivity contribution in [1.82, 2.24) is 10.2 Å². The molecule has 1 atom stereocenters. The topological polar surface area (TPSA) is 35.5 Å². The average molecular weight is 284 g/mol. The minimum atomic E-state index is 0.371. The first-order valence-corrected chi connectivity index (χ1v) is 8.53. The maximum Gasteiger partial charge on any atom is 0.0460 e. The number of rotatable bonds is 9. The van der Waals surface area contributed by atoms with E-state index in [9.17, 15) is 5.11 Å². The minimum absolute atomic E-state index is 0.371. The van der Waals surface area contributed by atoms with Gasteiger partial charge in [-0.15, -0.1) is 0 Å². The fourth-order valence-corrected chi connectivity index (χ4v) is 3.36. The summed E-state index contributed by atoms with van der Waals surface area (Å²) >= 11 is 0. The molecule has 3 heteroatoms. The van der Waals surface area contributed by atoms with E-state index in [1.54, 1.807) is 0 Å². The Bertz CT molecular complexity index is 249. The minimum Gasteiger partial charge on any atom is -0.396 e. The summed E-state index contributed by atoms with van der Waals surface area (Å²) in [5, 5.41) is 12.9. The molecule has 1 aliphatic heterocycles. The molecule has 0 bridgehead atoms. The van der Waals surface area contributed by atoms with Gasteiger partial charge in [0.25, 0.3) is 0 Å². The molecule has 1 aliphatic rings. The largest absolute Gasteiger partial charge is 0.396 e. The van der Waals surface area contributed by atoms with E-state index in [1.165, 1.54) is 19.4 Å². The summed E-state index contributed by atoms with van der Waals surface area (Å²) < 4.78 is 0. The summed E-state index contributed by atoms with van der Waals surface area (Å²) in [6, 6.07) is 0. The van der Waals surface area contributed by atoms with E-state index in [1.807, 2.05) is 0 Å². The van der Waals surface area contributed by atoms with Crippen molar-refractivity contribution in [3.8, 4) is 0 Å². The Morgan fingerprint density at radius 3 is 2.45 bits per heavy atom. The van der Waals surface area contributed by atoms with Crippen molar-refractivity contribution in [3.05, 3.63) is 0 Å². The van der Waals surface area contributed by atoms with Gasteiger partial charge in [0, 0.05) is 19.7 Å². The van der Waals surface area contributed by atoms with Crippen LogP contribution in [-0.4, -0.2) is 49.3 Å². The molecule has 0 aliphatic carbocycles. The third-order valence-corrected chi connectivity index (χ3v) is 4.53. The molecule has 2 N–H and O–H groups in total. The SMILES string of the molecule is CCCC(C)(CNCC(C)C)CN1CCC(CO)CC1. The van der Waals surface area contributed by atoms with Crippen LogP contribution in [0.3, 0.4) is 0 Å². The fourth-order valence-electron chi connectivity index (χ4n) is 3.36. The van der Waals surface area contributed by atoms with E-state index >= 15 is 0 Å². The molecular weight excluding hydrogens is 248 g/mol. The lowest BCUT2D eigenvalue weighted by molar-refractivity contribution is 0.0896. The Morgan fingerprint density at radius 1 is 1.30 bits per heavy atom. The molecule has 0 aromatic heterocycles. The van der Waals surface area contributed by atoms with Gasteiger partial charge in [0.05, 0.1) is 0 Å². The number of piperidine rings is 1. The number of hydrogen-bond acceptors (Lipinski definition) is 3. The molecule has 120 valence electrons. The smallest absolute Gasteiger partial charge is 0.0460 e. The van der Waals surface area contributed by atoms with Gasteiger partial charge in [-0.05, 0) is 56.1 Å². The van der Waals surface area contributed by atoms with Gasteiger partial charge in [-0.25, -0.2) is 0 Å². The van der Waals surface area contributed by atoms with Gasteiger partial charge in [0.15, 0.2) is 0 Å². The lowest BCUT2D eigenvalue weighted by Gasteiger charge is -2.39. The van der Waals surface area contributed by atoms with Crippen molar-refractivity contribution in [2.45, 2.75) is 53.4 Å². The molecule has 1 unspecified atom stereocenters. The summed E-state index contributed by atoms with van der Waals surface area (Å²) in [5.41, 5.74) is 0.385. The highest BCUT2D eigenvalue weighted by Gasteiger charge is 2.28.